The lowest BCUT2D eigenvalue weighted by Crippen LogP contribution is -2.68. The van der Waals surface area contributed by atoms with Gasteiger partial charge in [0, 0.05) is 23.6 Å². The van der Waals surface area contributed by atoms with Crippen molar-refractivity contribution in [2.24, 2.45) is 5.73 Å². The van der Waals surface area contributed by atoms with Gasteiger partial charge >= 0.3 is 12.1 Å². The fourth-order valence-corrected chi connectivity index (χ4v) is 5.48. The Morgan fingerprint density at radius 2 is 2.06 bits per heavy atom. The van der Waals surface area contributed by atoms with E-state index in [1.54, 1.807) is 24.3 Å². The van der Waals surface area contributed by atoms with Gasteiger partial charge in [0.2, 0.25) is 11.8 Å². The smallest absolute Gasteiger partial charge is 0.411 e. The molecule has 5 N–H and O–H groups in total. The van der Waals surface area contributed by atoms with Crippen molar-refractivity contribution in [2.75, 3.05) is 24.2 Å². The second-order valence-corrected chi connectivity index (χ2v) is 9.02. The molecule has 0 aliphatic carbocycles. The summed E-state index contributed by atoms with van der Waals surface area (Å²) in [6, 6.07) is 6.21. The monoisotopic (exact) mass is 484 g/mol. The van der Waals surface area contributed by atoms with Crippen LogP contribution in [-0.2, 0) is 25.5 Å². The molecule has 2 atom stereocenters. The zero-order valence-electron chi connectivity index (χ0n) is 18.2. The number of fused-ring (bicyclic) bond motifs is 1. The van der Waals surface area contributed by atoms with E-state index in [4.69, 9.17) is 10.5 Å². The highest BCUT2D eigenvalue weighted by Gasteiger charge is 2.52. The van der Waals surface area contributed by atoms with E-state index in [0.717, 1.165) is 5.56 Å². The highest BCUT2D eigenvalue weighted by atomic mass is 32.2. The number of hydrogen-bond acceptors (Lipinski definition) is 7. The zero-order chi connectivity index (χ0) is 24.4. The number of benzene rings is 1. The molecule has 0 radical (unpaired) electrons. The van der Waals surface area contributed by atoms with Crippen LogP contribution in [0.3, 0.4) is 0 Å². The summed E-state index contributed by atoms with van der Waals surface area (Å²) in [5, 5.41) is 14.9. The standard InChI is InChI=1S/C23H24N4O6S/c1-2-9-33-23(32)26-13-5-3-12(4-6-13)10-15(14-7-8-25-19(14)28)16-11-34-21-17(24)20(29)27(21)18(16)22(30)31/h2-6,17,21H,1,7-11,24H2,(H,25,28)(H,26,32)(H,30,31)/t17-,21-/m1/s1. The number of nitrogens with zero attached hydrogens (tertiary/aromatic N) is 1. The van der Waals surface area contributed by atoms with Gasteiger partial charge in [0.1, 0.15) is 23.7 Å². The maximum absolute atomic E-state index is 12.5. The fourth-order valence-electron chi connectivity index (χ4n) is 4.15. The molecule has 0 unspecified atom stereocenters. The number of thioether (sulfide) groups is 1. The van der Waals surface area contributed by atoms with E-state index >= 15 is 0 Å². The predicted octanol–water partition coefficient (Wildman–Crippen LogP) is 1.36. The van der Waals surface area contributed by atoms with Crippen LogP contribution in [0.15, 0.2) is 59.3 Å². The third kappa shape index (κ3) is 4.44. The minimum Gasteiger partial charge on any atom is -0.477 e. The molecule has 1 aromatic carbocycles. The Morgan fingerprint density at radius 1 is 1.32 bits per heavy atom. The highest BCUT2D eigenvalue weighted by molar-refractivity contribution is 8.00. The van der Waals surface area contributed by atoms with Crippen LogP contribution in [0, 0.1) is 0 Å². The number of allylic oxidation sites excluding steroid dienone is 1. The molecule has 0 bridgehead atoms. The number of carbonyl (C=O) groups is 4. The molecule has 3 aliphatic rings. The van der Waals surface area contributed by atoms with Crippen molar-refractivity contribution in [1.29, 1.82) is 0 Å². The lowest BCUT2D eigenvalue weighted by atomic mass is 9.90. The predicted molar refractivity (Wildman–Crippen MR) is 126 cm³/mol. The Hall–Kier alpha value is -3.57. The number of carbonyl (C=O) groups excluding carboxylic acids is 3. The molecule has 0 saturated carbocycles. The second kappa shape index (κ2) is 9.74. The van der Waals surface area contributed by atoms with Crippen molar-refractivity contribution in [3.63, 3.8) is 0 Å². The number of carboxylic acid groups (broad SMARTS) is 1. The van der Waals surface area contributed by atoms with Crippen LogP contribution in [-0.4, -0.2) is 64.2 Å². The molecule has 10 nitrogen and oxygen atoms in total. The van der Waals surface area contributed by atoms with Crippen LogP contribution in [0.25, 0.3) is 0 Å². The summed E-state index contributed by atoms with van der Waals surface area (Å²) in [4.78, 5) is 50.1. The molecule has 4 rings (SSSR count). The maximum Gasteiger partial charge on any atom is 0.411 e. The van der Waals surface area contributed by atoms with Crippen molar-refractivity contribution >= 4 is 41.3 Å². The number of anilines is 1. The van der Waals surface area contributed by atoms with E-state index in [1.807, 2.05) is 0 Å². The third-order valence-corrected chi connectivity index (χ3v) is 7.09. The van der Waals surface area contributed by atoms with Gasteiger partial charge in [-0.3, -0.25) is 19.8 Å². The van der Waals surface area contributed by atoms with Crippen molar-refractivity contribution < 1.29 is 29.0 Å². The van der Waals surface area contributed by atoms with Crippen LogP contribution >= 0.6 is 11.8 Å². The summed E-state index contributed by atoms with van der Waals surface area (Å²) < 4.78 is 4.90. The average Bonchev–Trinajstić information content (AvgIpc) is 3.26. The molecule has 2 saturated heterocycles. The minimum atomic E-state index is -1.23. The number of nitrogens with one attached hydrogen (secondary N) is 2. The molecule has 34 heavy (non-hydrogen) atoms. The lowest BCUT2D eigenvalue weighted by molar-refractivity contribution is -0.147. The first-order valence-electron chi connectivity index (χ1n) is 10.6. The molecule has 0 aromatic heterocycles. The van der Waals surface area contributed by atoms with Crippen LogP contribution in [0.2, 0.25) is 0 Å². The normalized spacial score (nSPS) is 23.0. The first kappa shape index (κ1) is 23.6. The molecule has 3 aliphatic heterocycles. The Labute approximate surface area is 199 Å². The number of hydrogen-bond donors (Lipinski definition) is 4. The molecule has 2 fully saturated rings. The van der Waals surface area contributed by atoms with Crippen molar-refractivity contribution in [1.82, 2.24) is 10.2 Å². The van der Waals surface area contributed by atoms with Gasteiger partial charge in [-0.2, -0.15) is 0 Å². The zero-order valence-corrected chi connectivity index (χ0v) is 19.0. The summed E-state index contributed by atoms with van der Waals surface area (Å²) in [5.41, 5.74) is 8.64. The van der Waals surface area contributed by atoms with Gasteiger partial charge < -0.3 is 20.9 Å². The van der Waals surface area contributed by atoms with E-state index in [2.05, 4.69) is 17.2 Å². The molecule has 3 amide bonds. The van der Waals surface area contributed by atoms with Crippen LogP contribution in [0.1, 0.15) is 12.0 Å². The Morgan fingerprint density at radius 3 is 2.68 bits per heavy atom. The van der Waals surface area contributed by atoms with Gasteiger partial charge in [-0.05, 0) is 41.7 Å². The summed E-state index contributed by atoms with van der Waals surface area (Å²) in [6.45, 7) is 4.04. The molecule has 3 heterocycles. The van der Waals surface area contributed by atoms with E-state index in [-0.39, 0.29) is 24.6 Å². The van der Waals surface area contributed by atoms with E-state index in [0.29, 0.717) is 41.1 Å². The molecule has 11 heteroatoms. The number of carboxylic acids is 1. The summed E-state index contributed by atoms with van der Waals surface area (Å²) >= 11 is 1.39. The summed E-state index contributed by atoms with van der Waals surface area (Å²) in [5.74, 6) is -1.58. The van der Waals surface area contributed by atoms with E-state index < -0.39 is 29.4 Å². The number of nitrogens with two attached hydrogens (primary N) is 1. The van der Waals surface area contributed by atoms with Gasteiger partial charge in [-0.25, -0.2) is 9.59 Å². The van der Waals surface area contributed by atoms with Gasteiger partial charge in [-0.15, -0.1) is 11.8 Å². The number of β-lactam (4-membered cyclic amide) rings is 1. The number of ether oxygens (including phenoxy) is 1. The number of rotatable bonds is 7. The van der Waals surface area contributed by atoms with Crippen molar-refractivity contribution in [3.05, 3.63) is 64.9 Å². The van der Waals surface area contributed by atoms with Gasteiger partial charge in [0.05, 0.1) is 0 Å². The first-order valence-corrected chi connectivity index (χ1v) is 11.7. The molecule has 178 valence electrons. The first-order chi connectivity index (χ1) is 16.3. The Balaban J connectivity index is 1.66. The van der Waals surface area contributed by atoms with E-state index in [1.165, 1.54) is 22.7 Å². The third-order valence-electron chi connectivity index (χ3n) is 5.79. The van der Waals surface area contributed by atoms with Crippen molar-refractivity contribution in [3.8, 4) is 0 Å². The van der Waals surface area contributed by atoms with Crippen LogP contribution in [0.4, 0.5) is 10.5 Å². The van der Waals surface area contributed by atoms with E-state index in [9.17, 15) is 24.3 Å². The Bertz CT molecular complexity index is 1130. The van der Waals surface area contributed by atoms with Crippen molar-refractivity contribution in [2.45, 2.75) is 24.3 Å². The highest BCUT2D eigenvalue weighted by Crippen LogP contribution is 2.43. The molecule has 0 spiro atoms. The lowest BCUT2D eigenvalue weighted by Gasteiger charge is -2.48. The Kier molecular flexibility index (Phi) is 6.75. The van der Waals surface area contributed by atoms with Gasteiger partial charge in [0.25, 0.3) is 0 Å². The SMILES string of the molecule is C=CCOC(=O)Nc1ccc(CC(=C2CCNC2=O)C2=C(C(=O)O)N3C(=O)[C@@H](N)[C@H]3SC2)cc1. The quantitative estimate of drug-likeness (QED) is 0.257. The maximum atomic E-state index is 12.5. The fraction of sp³-hybridized carbons (Fsp3) is 0.304. The van der Waals surface area contributed by atoms with Crippen LogP contribution < -0.4 is 16.4 Å². The summed E-state index contributed by atoms with van der Waals surface area (Å²) in [6.07, 6.45) is 1.60. The molecule has 1 aromatic rings. The van der Waals surface area contributed by atoms with Gasteiger partial charge in [0.15, 0.2) is 0 Å². The minimum absolute atomic E-state index is 0.0905. The topological polar surface area (TPSA) is 151 Å². The number of amides is 3. The van der Waals surface area contributed by atoms with Crippen LogP contribution in [0.5, 0.6) is 0 Å². The second-order valence-electron chi connectivity index (χ2n) is 7.92. The average molecular weight is 485 g/mol. The largest absolute Gasteiger partial charge is 0.477 e. The van der Waals surface area contributed by atoms with Gasteiger partial charge in [-0.1, -0.05) is 24.8 Å². The molecular weight excluding hydrogens is 460 g/mol. The molecular formula is C23H24N4O6S. The number of aliphatic carboxylic acids is 1. The summed E-state index contributed by atoms with van der Waals surface area (Å²) in [7, 11) is 0.